The summed E-state index contributed by atoms with van der Waals surface area (Å²) in [6, 6.07) is 6.65. The van der Waals surface area contributed by atoms with Crippen LogP contribution in [0, 0.1) is 147 Å². The minimum Gasteiger partial charge on any atom is -0.368 e. The van der Waals surface area contributed by atoms with Crippen molar-refractivity contribution in [2.24, 2.45) is 0 Å². The molecule has 2 aliphatic heterocycles. The number of benzene rings is 5. The Balaban J connectivity index is 0.000000442. The lowest BCUT2D eigenvalue weighted by Crippen LogP contribution is -2.06. The third-order valence-corrected chi connectivity index (χ3v) is 12.7. The number of carbonyl (C=O) groups excluding carboxylic acids is 1. The standard InChI is InChI=1S/C45H13F19N4.C7HF5O.C4H5N.CH4/c1-10-27(46)29(48)23(30(49)28(10)47)19-11-2-4-13(65-11)20(24-31(50)37(56)43(62)38(57)32(24)51)15-6-8-17(67-15)22(26-35(54)41(60)45(64)42(61)36(26)55)18-9-7-16(68-18)21(14-5-3-12(19)66-14)25-33(52)39(58)44(63)40(59)34(25)53;8-3-2(1-13)4(9)6(11)7(12)5(3)10;1-2-4-5-3-1;/h2-9,65,68H,1H3;1H;1-5H;1H4. The van der Waals surface area contributed by atoms with E-state index in [1.807, 2.05) is 24.5 Å². The Morgan fingerprint density at radius 3 is 0.713 bits per heavy atom. The lowest BCUT2D eigenvalue weighted by Gasteiger charge is -2.12. The maximum atomic E-state index is 16.0. The topological polar surface area (TPSA) is 90.2 Å². The SMILES string of the molecule is C.Cc1c(F)c(F)c(-c2c3nc(c(-c4c(F)c(F)c(F)c(F)c4F)c4ccc([nH]4)c(-c4c(F)c(F)c(F)c(F)c4F)c4nc(c(-c5c(F)c(F)c(F)c(F)c5F)c5ccc2[nH]5)C=C4)C=C3)c(F)c1F.O=Cc1c(F)c(F)c(F)c(F)c1F.c1cc[nH]c1. The van der Waals surface area contributed by atoms with Crippen molar-refractivity contribution in [1.82, 2.24) is 24.9 Å². The van der Waals surface area contributed by atoms with Crippen molar-refractivity contribution in [1.29, 1.82) is 0 Å². The van der Waals surface area contributed by atoms with Crippen molar-refractivity contribution in [3.8, 4) is 44.5 Å². The predicted octanol–water partition coefficient (Wildman–Crippen LogP) is 18.1. The Bertz CT molecular complexity index is 4000. The normalized spacial score (nSPS) is 11.6. The number of nitrogens with zero attached hydrogens (tertiary/aromatic N) is 2. The van der Waals surface area contributed by atoms with Crippen LogP contribution >= 0.6 is 0 Å². The summed E-state index contributed by atoms with van der Waals surface area (Å²) in [7, 11) is 0. The first-order valence-electron chi connectivity index (χ1n) is 23.2. The third kappa shape index (κ3) is 10.3. The smallest absolute Gasteiger partial charge is 0.200 e. The van der Waals surface area contributed by atoms with E-state index in [0.29, 0.717) is 49.4 Å². The van der Waals surface area contributed by atoms with Gasteiger partial charge in [0.1, 0.15) is 0 Å². The molecule has 450 valence electrons. The van der Waals surface area contributed by atoms with E-state index in [2.05, 4.69) is 24.9 Å². The Morgan fingerprint density at radius 1 is 0.299 bits per heavy atom. The molecule has 11 rings (SSSR count). The van der Waals surface area contributed by atoms with Gasteiger partial charge in [-0.15, -0.1) is 0 Å². The summed E-state index contributed by atoms with van der Waals surface area (Å²) < 4.78 is 352. The number of halogens is 24. The Labute approximate surface area is 468 Å². The zero-order valence-corrected chi connectivity index (χ0v) is 41.4. The molecule has 0 unspecified atom stereocenters. The van der Waals surface area contributed by atoms with Crippen molar-refractivity contribution < 1.29 is 110 Å². The van der Waals surface area contributed by atoms with Crippen LogP contribution in [0.5, 0.6) is 0 Å². The summed E-state index contributed by atoms with van der Waals surface area (Å²) in [5.41, 5.74) is -21.9. The lowest BCUT2D eigenvalue weighted by atomic mass is 9.99. The maximum absolute atomic E-state index is 16.0. The second-order valence-electron chi connectivity index (χ2n) is 17.6. The number of H-pyrrole nitrogens is 3. The van der Waals surface area contributed by atoms with Crippen LogP contribution in [-0.4, -0.2) is 31.2 Å². The minimum atomic E-state index is -2.70. The van der Waals surface area contributed by atoms with Gasteiger partial charge in [0.15, 0.2) is 123 Å². The number of rotatable bonds is 5. The van der Waals surface area contributed by atoms with Crippen LogP contribution in [0.25, 0.3) is 90.9 Å². The number of hydrogen-bond acceptors (Lipinski definition) is 3. The van der Waals surface area contributed by atoms with Crippen LogP contribution in [0.2, 0.25) is 0 Å². The molecule has 6 nitrogen and oxygen atoms in total. The number of fused-ring (bicyclic) bond motifs is 8. The highest BCUT2D eigenvalue weighted by molar-refractivity contribution is 6.00. The molecule has 0 fully saturated rings. The molecule has 0 aliphatic carbocycles. The molecule has 0 radical (unpaired) electrons. The van der Waals surface area contributed by atoms with Crippen LogP contribution in [-0.2, 0) is 0 Å². The van der Waals surface area contributed by atoms with Crippen LogP contribution in [0.15, 0.2) is 48.8 Å². The van der Waals surface area contributed by atoms with E-state index in [0.717, 1.165) is 6.07 Å². The number of aromatic amines is 3. The summed E-state index contributed by atoms with van der Waals surface area (Å²) >= 11 is 0. The molecule has 0 spiro atoms. The number of carbonyl (C=O) groups is 1. The molecule has 0 saturated carbocycles. The minimum absolute atomic E-state index is 0. The molecular weight excluding hydrogens is 1230 g/mol. The van der Waals surface area contributed by atoms with Gasteiger partial charge in [0.2, 0.25) is 23.3 Å². The average molecular weight is 1250 g/mol. The molecule has 5 aromatic carbocycles. The molecule has 3 N–H and O–H groups in total. The first-order chi connectivity index (χ1) is 40.6. The average Bonchev–Trinajstić information content (AvgIpc) is 1.75. The molecule has 9 aromatic rings. The summed E-state index contributed by atoms with van der Waals surface area (Å²) in [5, 5.41) is 0. The molecule has 0 amide bonds. The van der Waals surface area contributed by atoms with Crippen molar-refractivity contribution >= 4 is 52.7 Å². The quantitative estimate of drug-likeness (QED) is 0.0694. The van der Waals surface area contributed by atoms with Gasteiger partial charge in [-0.2, -0.15) is 0 Å². The predicted molar refractivity (Wildman–Crippen MR) is 264 cm³/mol. The highest BCUT2D eigenvalue weighted by Crippen LogP contribution is 2.45. The highest BCUT2D eigenvalue weighted by Gasteiger charge is 2.35. The van der Waals surface area contributed by atoms with E-state index in [1.54, 1.807) is 0 Å². The van der Waals surface area contributed by atoms with Crippen molar-refractivity contribution in [3.05, 3.63) is 222 Å². The maximum Gasteiger partial charge on any atom is 0.200 e. The van der Waals surface area contributed by atoms with E-state index in [-0.39, 0.29) is 7.43 Å². The van der Waals surface area contributed by atoms with Gasteiger partial charge >= 0.3 is 0 Å². The summed E-state index contributed by atoms with van der Waals surface area (Å²) in [6.45, 7) is 0.618. The van der Waals surface area contributed by atoms with Crippen LogP contribution < -0.4 is 0 Å². The van der Waals surface area contributed by atoms with Crippen LogP contribution in [0.3, 0.4) is 0 Å². The van der Waals surface area contributed by atoms with E-state index < -0.39 is 246 Å². The van der Waals surface area contributed by atoms with Gasteiger partial charge in [-0.25, -0.2) is 115 Å². The fourth-order valence-electron chi connectivity index (χ4n) is 8.69. The van der Waals surface area contributed by atoms with Gasteiger partial charge in [-0.1, -0.05) is 7.43 Å². The second kappa shape index (κ2) is 23.8. The lowest BCUT2D eigenvalue weighted by molar-refractivity contribution is 0.111. The highest BCUT2D eigenvalue weighted by atomic mass is 19.2. The van der Waals surface area contributed by atoms with Gasteiger partial charge in [-0.3, -0.25) is 4.79 Å². The van der Waals surface area contributed by atoms with E-state index in [1.165, 1.54) is 0 Å². The van der Waals surface area contributed by atoms with Crippen molar-refractivity contribution in [3.63, 3.8) is 0 Å². The van der Waals surface area contributed by atoms with Gasteiger partial charge < -0.3 is 15.0 Å². The number of aromatic nitrogens is 5. The molecular formula is C57H23F24N5O. The first-order valence-corrected chi connectivity index (χ1v) is 23.2. The zero-order valence-electron chi connectivity index (χ0n) is 41.4. The second-order valence-corrected chi connectivity index (χ2v) is 17.6. The molecule has 2 aliphatic rings. The molecule has 0 atom stereocenters. The molecule has 87 heavy (non-hydrogen) atoms. The summed E-state index contributed by atoms with van der Waals surface area (Å²) in [4.78, 5) is 25.4. The van der Waals surface area contributed by atoms with Gasteiger partial charge in [0, 0.05) is 62.3 Å². The molecule has 8 bridgehead atoms. The van der Waals surface area contributed by atoms with Crippen LogP contribution in [0.4, 0.5) is 105 Å². The molecule has 4 aromatic heterocycles. The molecule has 30 heteroatoms. The fourth-order valence-corrected chi connectivity index (χ4v) is 8.69. The van der Waals surface area contributed by atoms with Crippen molar-refractivity contribution in [2.45, 2.75) is 14.4 Å². The Morgan fingerprint density at radius 2 is 0.506 bits per heavy atom. The monoisotopic (exact) mass is 1250 g/mol. The number of nitrogens with one attached hydrogen (secondary N) is 3. The van der Waals surface area contributed by atoms with Gasteiger partial charge in [-0.05, 0) is 67.6 Å². The van der Waals surface area contributed by atoms with Crippen LogP contribution in [0.1, 0.15) is 46.1 Å². The van der Waals surface area contributed by atoms with E-state index in [4.69, 9.17) is 0 Å². The van der Waals surface area contributed by atoms with E-state index >= 15 is 43.9 Å². The Kier molecular flexibility index (Phi) is 17.2. The first kappa shape index (κ1) is 63.0. The number of aldehydes is 1. The summed E-state index contributed by atoms with van der Waals surface area (Å²) in [6.07, 6.45) is 5.96. The molecule has 6 heterocycles. The Hall–Kier alpha value is -10.0. The third-order valence-electron chi connectivity index (χ3n) is 12.7. The van der Waals surface area contributed by atoms with Crippen molar-refractivity contribution in [2.75, 3.05) is 0 Å². The summed E-state index contributed by atoms with van der Waals surface area (Å²) in [5.74, 6) is -58.1. The fraction of sp³-hybridized carbons (Fsp3) is 0.0351. The van der Waals surface area contributed by atoms with Gasteiger partial charge in [0.25, 0.3) is 0 Å². The number of hydrogen-bond donors (Lipinski definition) is 3. The largest absolute Gasteiger partial charge is 0.368 e. The van der Waals surface area contributed by atoms with E-state index in [9.17, 15) is 66.3 Å². The van der Waals surface area contributed by atoms with Gasteiger partial charge in [0.05, 0.1) is 50.6 Å². The molecule has 0 saturated heterocycles. The zero-order chi connectivity index (χ0) is 63.0.